The van der Waals surface area contributed by atoms with Gasteiger partial charge in [0.15, 0.2) is 0 Å². The van der Waals surface area contributed by atoms with Crippen molar-refractivity contribution in [1.82, 2.24) is 4.90 Å². The molecule has 0 aromatic carbocycles. The number of β-lactam (4-membered cyclic amide) rings is 1. The number of amides is 1. The molecule has 3 unspecified atom stereocenters. The zero-order valence-electron chi connectivity index (χ0n) is 8.46. The number of hydrogen-bond donors (Lipinski definition) is 2. The van der Waals surface area contributed by atoms with E-state index >= 15 is 0 Å². The molecule has 0 radical (unpaired) electrons. The van der Waals surface area contributed by atoms with E-state index in [-0.39, 0.29) is 11.3 Å². The van der Waals surface area contributed by atoms with Crippen LogP contribution in [-0.2, 0) is 14.3 Å². The standard InChI is InChI=1S/C9H12N2O4S/c10-4-6(12)11-5(8(13)14)9(16-7(4)11)1-2-15-3-9/h4-5,7H,1-3,10H2,(H,13,14)/t4?,5?,7-,9?/m1/s1. The van der Waals surface area contributed by atoms with Gasteiger partial charge in [-0.3, -0.25) is 4.79 Å². The van der Waals surface area contributed by atoms with E-state index in [9.17, 15) is 14.7 Å². The summed E-state index contributed by atoms with van der Waals surface area (Å²) in [7, 11) is 0. The Kier molecular flexibility index (Phi) is 2.02. The van der Waals surface area contributed by atoms with Gasteiger partial charge < -0.3 is 20.5 Å². The minimum absolute atomic E-state index is 0.185. The SMILES string of the molecule is NC1C(=O)N2C(C(=O)O)C3(CCOC3)S[C@H]12. The molecule has 0 saturated carbocycles. The third-order valence-electron chi connectivity index (χ3n) is 3.50. The van der Waals surface area contributed by atoms with Gasteiger partial charge in [0.25, 0.3) is 0 Å². The lowest BCUT2D eigenvalue weighted by molar-refractivity contribution is -0.159. The van der Waals surface area contributed by atoms with Gasteiger partial charge >= 0.3 is 5.97 Å². The maximum absolute atomic E-state index is 11.6. The van der Waals surface area contributed by atoms with Gasteiger partial charge in [-0.05, 0) is 6.42 Å². The summed E-state index contributed by atoms with van der Waals surface area (Å²) in [4.78, 5) is 24.3. The molecule has 3 N–H and O–H groups in total. The summed E-state index contributed by atoms with van der Waals surface area (Å²) in [5.41, 5.74) is 5.67. The van der Waals surface area contributed by atoms with Crippen molar-refractivity contribution >= 4 is 23.6 Å². The van der Waals surface area contributed by atoms with Crippen LogP contribution < -0.4 is 5.73 Å². The molecule has 6 nitrogen and oxygen atoms in total. The molecule has 0 aliphatic carbocycles. The van der Waals surface area contributed by atoms with Crippen molar-refractivity contribution in [3.8, 4) is 0 Å². The van der Waals surface area contributed by atoms with Crippen molar-refractivity contribution in [3.05, 3.63) is 0 Å². The average molecular weight is 244 g/mol. The van der Waals surface area contributed by atoms with Gasteiger partial charge in [0.2, 0.25) is 5.91 Å². The van der Waals surface area contributed by atoms with E-state index in [2.05, 4.69) is 0 Å². The molecule has 3 heterocycles. The zero-order valence-corrected chi connectivity index (χ0v) is 9.27. The Morgan fingerprint density at radius 3 is 3.00 bits per heavy atom. The van der Waals surface area contributed by atoms with E-state index in [0.29, 0.717) is 19.6 Å². The Labute approximate surface area is 96.1 Å². The quantitative estimate of drug-likeness (QED) is 0.565. The number of thioether (sulfide) groups is 1. The van der Waals surface area contributed by atoms with E-state index < -0.39 is 22.8 Å². The Bertz CT molecular complexity index is 369. The van der Waals surface area contributed by atoms with Gasteiger partial charge in [0.05, 0.1) is 11.4 Å². The fourth-order valence-corrected chi connectivity index (χ4v) is 4.47. The van der Waals surface area contributed by atoms with Crippen LogP contribution in [0.1, 0.15) is 6.42 Å². The summed E-state index contributed by atoms with van der Waals surface area (Å²) in [5, 5.41) is 9.08. The topological polar surface area (TPSA) is 92.9 Å². The van der Waals surface area contributed by atoms with E-state index in [1.807, 2.05) is 0 Å². The molecule has 3 aliphatic heterocycles. The number of aliphatic carboxylic acids is 1. The number of nitrogens with zero attached hydrogens (tertiary/aromatic N) is 1. The summed E-state index contributed by atoms with van der Waals surface area (Å²) in [6, 6.07) is -1.33. The lowest BCUT2D eigenvalue weighted by Crippen LogP contribution is -2.69. The summed E-state index contributed by atoms with van der Waals surface area (Å²) in [6.07, 6.45) is 0.668. The first kappa shape index (κ1) is 10.4. The third-order valence-corrected chi connectivity index (χ3v) is 5.28. The largest absolute Gasteiger partial charge is 0.480 e. The highest BCUT2D eigenvalue weighted by Gasteiger charge is 2.66. The third kappa shape index (κ3) is 1.05. The number of ether oxygens (including phenoxy) is 1. The molecule has 3 fully saturated rings. The second-order valence-electron chi connectivity index (χ2n) is 4.39. The van der Waals surface area contributed by atoms with Crippen LogP contribution in [0.4, 0.5) is 0 Å². The second-order valence-corrected chi connectivity index (χ2v) is 5.92. The summed E-state index contributed by atoms with van der Waals surface area (Å²) < 4.78 is 4.81. The monoisotopic (exact) mass is 244 g/mol. The molecule has 1 amide bonds. The van der Waals surface area contributed by atoms with Crippen molar-refractivity contribution in [3.63, 3.8) is 0 Å². The smallest absolute Gasteiger partial charge is 0.328 e. The van der Waals surface area contributed by atoms with Crippen LogP contribution in [0.25, 0.3) is 0 Å². The van der Waals surface area contributed by atoms with Crippen LogP contribution in [0, 0.1) is 0 Å². The molecule has 3 saturated heterocycles. The fraction of sp³-hybridized carbons (Fsp3) is 0.778. The molecule has 7 heteroatoms. The Balaban J connectivity index is 1.97. The predicted octanol–water partition coefficient (Wildman–Crippen LogP) is -1.16. The summed E-state index contributed by atoms with van der Waals surface area (Å²) in [5.74, 6) is -1.21. The Morgan fingerprint density at radius 1 is 1.69 bits per heavy atom. The Hall–Kier alpha value is -0.790. The van der Waals surface area contributed by atoms with Gasteiger partial charge in [-0.25, -0.2) is 4.79 Å². The molecule has 4 atom stereocenters. The molecule has 1 spiro atoms. The molecule has 0 aromatic rings. The second kappa shape index (κ2) is 3.12. The Morgan fingerprint density at radius 2 is 2.44 bits per heavy atom. The van der Waals surface area contributed by atoms with Gasteiger partial charge in [0, 0.05) is 6.61 Å². The van der Waals surface area contributed by atoms with Crippen molar-refractivity contribution in [2.75, 3.05) is 13.2 Å². The first-order valence-corrected chi connectivity index (χ1v) is 6.01. The number of nitrogens with two attached hydrogens (primary N) is 1. The van der Waals surface area contributed by atoms with Crippen LogP contribution in [0.15, 0.2) is 0 Å². The van der Waals surface area contributed by atoms with Gasteiger partial charge in [0.1, 0.15) is 17.5 Å². The molecular formula is C9H12N2O4S. The van der Waals surface area contributed by atoms with E-state index in [4.69, 9.17) is 10.5 Å². The molecule has 3 aliphatic rings. The molecule has 0 aromatic heterocycles. The summed E-state index contributed by atoms with van der Waals surface area (Å²) >= 11 is 1.49. The van der Waals surface area contributed by atoms with Crippen molar-refractivity contribution in [2.45, 2.75) is 28.6 Å². The van der Waals surface area contributed by atoms with Crippen LogP contribution >= 0.6 is 11.8 Å². The van der Waals surface area contributed by atoms with Crippen molar-refractivity contribution < 1.29 is 19.4 Å². The van der Waals surface area contributed by atoms with E-state index in [0.717, 1.165) is 0 Å². The number of carboxylic acids is 1. The summed E-state index contributed by atoms with van der Waals surface area (Å²) in [6.45, 7) is 0.947. The molecule has 88 valence electrons. The number of carbonyl (C=O) groups excluding carboxylic acids is 1. The number of rotatable bonds is 1. The maximum atomic E-state index is 11.6. The van der Waals surface area contributed by atoms with Crippen molar-refractivity contribution in [1.29, 1.82) is 0 Å². The number of carboxylic acid groups (broad SMARTS) is 1. The van der Waals surface area contributed by atoms with Gasteiger partial charge in [-0.2, -0.15) is 0 Å². The normalized spacial score (nSPS) is 45.9. The highest BCUT2D eigenvalue weighted by Crippen LogP contribution is 2.53. The predicted molar refractivity (Wildman–Crippen MR) is 55.8 cm³/mol. The van der Waals surface area contributed by atoms with Crippen LogP contribution in [0.5, 0.6) is 0 Å². The van der Waals surface area contributed by atoms with E-state index in [1.165, 1.54) is 16.7 Å². The fourth-order valence-electron chi connectivity index (χ4n) is 2.69. The van der Waals surface area contributed by atoms with Crippen LogP contribution in [0.3, 0.4) is 0 Å². The highest BCUT2D eigenvalue weighted by atomic mass is 32.2. The van der Waals surface area contributed by atoms with Gasteiger partial charge in [-0.15, -0.1) is 11.8 Å². The van der Waals surface area contributed by atoms with Crippen LogP contribution in [-0.4, -0.2) is 57.3 Å². The number of carbonyl (C=O) groups is 2. The minimum Gasteiger partial charge on any atom is -0.480 e. The minimum atomic E-state index is -0.958. The first-order valence-electron chi connectivity index (χ1n) is 5.13. The maximum Gasteiger partial charge on any atom is 0.328 e. The van der Waals surface area contributed by atoms with E-state index in [1.54, 1.807) is 0 Å². The molecule has 3 rings (SSSR count). The first-order chi connectivity index (χ1) is 7.57. The zero-order chi connectivity index (χ0) is 11.5. The van der Waals surface area contributed by atoms with Gasteiger partial charge in [-0.1, -0.05) is 0 Å². The lowest BCUT2D eigenvalue weighted by Gasteiger charge is -2.41. The highest BCUT2D eigenvalue weighted by molar-refractivity contribution is 8.01. The number of fused-ring (bicyclic) bond motifs is 1. The molecular weight excluding hydrogens is 232 g/mol. The number of hydrogen-bond acceptors (Lipinski definition) is 5. The van der Waals surface area contributed by atoms with Crippen LogP contribution in [0.2, 0.25) is 0 Å². The lowest BCUT2D eigenvalue weighted by atomic mass is 9.93. The molecule has 16 heavy (non-hydrogen) atoms. The average Bonchev–Trinajstić information content (AvgIpc) is 2.82. The molecule has 0 bridgehead atoms. The van der Waals surface area contributed by atoms with Crippen molar-refractivity contribution in [2.24, 2.45) is 5.73 Å².